The number of para-hydroxylation sites is 1. The van der Waals surface area contributed by atoms with Crippen molar-refractivity contribution in [1.82, 2.24) is 9.78 Å². The van der Waals surface area contributed by atoms with E-state index in [4.69, 9.17) is 0 Å². The van der Waals surface area contributed by atoms with Crippen LogP contribution in [0, 0.1) is 24.0 Å². The molecule has 1 aliphatic carbocycles. The molecule has 8 nitrogen and oxygen atoms in total. The van der Waals surface area contributed by atoms with Gasteiger partial charge in [0.2, 0.25) is 0 Å². The molecule has 0 radical (unpaired) electrons. The summed E-state index contributed by atoms with van der Waals surface area (Å²) in [6, 6.07) is 14.4. The first-order valence-corrected chi connectivity index (χ1v) is 9.42. The van der Waals surface area contributed by atoms with Gasteiger partial charge in [-0.15, -0.1) is 0 Å². The van der Waals surface area contributed by atoms with Crippen LogP contribution in [0.5, 0.6) is 0 Å². The van der Waals surface area contributed by atoms with Crippen molar-refractivity contribution in [2.24, 2.45) is 0 Å². The third kappa shape index (κ3) is 3.82. The maximum atomic E-state index is 12.8. The standard InChI is InChI=1S/C21H21N5O3/c1-13-20(14(2)25(24-13)17-6-4-3-5-7-17)23-21(27)15-8-11-18(22-16-9-10-16)19(12-15)26(28)29/h3-8,11-12,16,22H,9-10H2,1-2H3,(H,23,27). The molecular formula is C21H21N5O3. The van der Waals surface area contributed by atoms with E-state index in [1.54, 1.807) is 16.8 Å². The van der Waals surface area contributed by atoms with E-state index in [0.717, 1.165) is 24.2 Å². The van der Waals surface area contributed by atoms with Crippen LogP contribution in [-0.4, -0.2) is 26.7 Å². The molecule has 4 rings (SSSR count). The lowest BCUT2D eigenvalue weighted by Gasteiger charge is -2.09. The number of rotatable bonds is 6. The van der Waals surface area contributed by atoms with E-state index >= 15 is 0 Å². The van der Waals surface area contributed by atoms with Gasteiger partial charge in [-0.05, 0) is 51.0 Å². The Morgan fingerprint density at radius 3 is 2.55 bits per heavy atom. The fourth-order valence-electron chi connectivity index (χ4n) is 3.22. The summed E-state index contributed by atoms with van der Waals surface area (Å²) in [6.07, 6.45) is 2.01. The summed E-state index contributed by atoms with van der Waals surface area (Å²) in [5.74, 6) is -0.412. The molecule has 0 spiro atoms. The molecule has 29 heavy (non-hydrogen) atoms. The van der Waals surface area contributed by atoms with Gasteiger partial charge in [0, 0.05) is 17.7 Å². The predicted molar refractivity (Wildman–Crippen MR) is 111 cm³/mol. The zero-order valence-electron chi connectivity index (χ0n) is 16.2. The lowest BCUT2D eigenvalue weighted by Crippen LogP contribution is -2.14. The van der Waals surface area contributed by atoms with Crippen molar-refractivity contribution in [1.29, 1.82) is 0 Å². The van der Waals surface area contributed by atoms with E-state index in [0.29, 0.717) is 17.1 Å². The second-order valence-corrected chi connectivity index (χ2v) is 7.15. The Morgan fingerprint density at radius 2 is 1.90 bits per heavy atom. The Balaban J connectivity index is 1.60. The van der Waals surface area contributed by atoms with Crippen LogP contribution in [-0.2, 0) is 0 Å². The Bertz CT molecular complexity index is 1090. The van der Waals surface area contributed by atoms with Crippen LogP contribution >= 0.6 is 0 Å². The van der Waals surface area contributed by atoms with Crippen molar-refractivity contribution < 1.29 is 9.72 Å². The first-order chi connectivity index (χ1) is 13.9. The molecule has 1 heterocycles. The molecular weight excluding hydrogens is 370 g/mol. The summed E-state index contributed by atoms with van der Waals surface area (Å²) in [5, 5.41) is 21.9. The first kappa shape index (κ1) is 18.7. The Hall–Kier alpha value is -3.68. The highest BCUT2D eigenvalue weighted by Crippen LogP contribution is 2.32. The van der Waals surface area contributed by atoms with Gasteiger partial charge >= 0.3 is 0 Å². The number of aromatic nitrogens is 2. The SMILES string of the molecule is Cc1nn(-c2ccccc2)c(C)c1NC(=O)c1ccc(NC2CC2)c([N+](=O)[O-])c1. The highest BCUT2D eigenvalue weighted by Gasteiger charge is 2.26. The Labute approximate surface area is 167 Å². The Morgan fingerprint density at radius 1 is 1.17 bits per heavy atom. The number of carbonyl (C=O) groups is 1. The number of hydrogen-bond acceptors (Lipinski definition) is 5. The van der Waals surface area contributed by atoms with Gasteiger partial charge in [0.15, 0.2) is 0 Å². The van der Waals surface area contributed by atoms with Crippen molar-refractivity contribution in [2.45, 2.75) is 32.7 Å². The topological polar surface area (TPSA) is 102 Å². The molecule has 3 aromatic rings. The third-order valence-electron chi connectivity index (χ3n) is 4.92. The number of carbonyl (C=O) groups excluding carboxylic acids is 1. The van der Waals surface area contributed by atoms with Gasteiger partial charge in [-0.1, -0.05) is 18.2 Å². The van der Waals surface area contributed by atoms with Gasteiger partial charge in [0.05, 0.1) is 27.7 Å². The number of hydrogen-bond donors (Lipinski definition) is 2. The number of aryl methyl sites for hydroxylation is 1. The van der Waals surface area contributed by atoms with E-state index < -0.39 is 10.8 Å². The van der Waals surface area contributed by atoms with E-state index in [1.807, 2.05) is 44.2 Å². The average Bonchev–Trinajstić information content (AvgIpc) is 3.49. The highest BCUT2D eigenvalue weighted by molar-refractivity contribution is 6.05. The molecule has 1 saturated carbocycles. The summed E-state index contributed by atoms with van der Waals surface area (Å²) in [4.78, 5) is 23.8. The Kier molecular flexibility index (Phi) is 4.75. The van der Waals surface area contributed by atoms with Crippen molar-refractivity contribution in [3.05, 3.63) is 75.6 Å². The van der Waals surface area contributed by atoms with Crippen molar-refractivity contribution in [3.63, 3.8) is 0 Å². The number of benzene rings is 2. The third-order valence-corrected chi connectivity index (χ3v) is 4.92. The number of nitro benzene ring substituents is 1. The number of nitrogens with one attached hydrogen (secondary N) is 2. The van der Waals surface area contributed by atoms with Gasteiger partial charge in [-0.2, -0.15) is 5.10 Å². The van der Waals surface area contributed by atoms with E-state index in [-0.39, 0.29) is 17.3 Å². The molecule has 0 unspecified atom stereocenters. The quantitative estimate of drug-likeness (QED) is 0.484. The molecule has 1 aromatic heterocycles. The van der Waals surface area contributed by atoms with Gasteiger partial charge < -0.3 is 10.6 Å². The summed E-state index contributed by atoms with van der Waals surface area (Å²) in [7, 11) is 0. The van der Waals surface area contributed by atoms with Gasteiger partial charge in [-0.25, -0.2) is 4.68 Å². The summed E-state index contributed by atoms with van der Waals surface area (Å²) >= 11 is 0. The van der Waals surface area contributed by atoms with E-state index in [9.17, 15) is 14.9 Å². The van der Waals surface area contributed by atoms with Crippen LogP contribution in [0.4, 0.5) is 17.1 Å². The fourth-order valence-corrected chi connectivity index (χ4v) is 3.22. The fraction of sp³-hybridized carbons (Fsp3) is 0.238. The largest absolute Gasteiger partial charge is 0.377 e. The molecule has 8 heteroatoms. The lowest BCUT2D eigenvalue weighted by molar-refractivity contribution is -0.384. The maximum absolute atomic E-state index is 12.8. The molecule has 1 aliphatic rings. The molecule has 0 saturated heterocycles. The number of nitro groups is 1. The lowest BCUT2D eigenvalue weighted by atomic mass is 10.1. The van der Waals surface area contributed by atoms with E-state index in [2.05, 4.69) is 15.7 Å². The van der Waals surface area contributed by atoms with Gasteiger partial charge in [0.25, 0.3) is 11.6 Å². The van der Waals surface area contributed by atoms with Crippen LogP contribution in [0.3, 0.4) is 0 Å². The van der Waals surface area contributed by atoms with Crippen molar-refractivity contribution in [3.8, 4) is 5.69 Å². The number of anilines is 2. The minimum Gasteiger partial charge on any atom is -0.377 e. The molecule has 2 aromatic carbocycles. The van der Waals surface area contributed by atoms with Crippen molar-refractivity contribution in [2.75, 3.05) is 10.6 Å². The molecule has 1 fully saturated rings. The zero-order chi connectivity index (χ0) is 20.5. The second kappa shape index (κ2) is 7.38. The van der Waals surface area contributed by atoms with Gasteiger partial charge in [-0.3, -0.25) is 14.9 Å². The monoisotopic (exact) mass is 391 g/mol. The minimum atomic E-state index is -0.467. The zero-order valence-corrected chi connectivity index (χ0v) is 16.2. The number of nitrogens with zero attached hydrogens (tertiary/aromatic N) is 3. The number of amides is 1. The van der Waals surface area contributed by atoms with E-state index in [1.165, 1.54) is 6.07 Å². The summed E-state index contributed by atoms with van der Waals surface area (Å²) in [6.45, 7) is 3.68. The van der Waals surface area contributed by atoms with Crippen LogP contribution < -0.4 is 10.6 Å². The van der Waals surface area contributed by atoms with Crippen LogP contribution in [0.25, 0.3) is 5.69 Å². The molecule has 1 amide bonds. The molecule has 148 valence electrons. The minimum absolute atomic E-state index is 0.0991. The second-order valence-electron chi connectivity index (χ2n) is 7.15. The summed E-state index contributed by atoms with van der Waals surface area (Å²) < 4.78 is 1.76. The molecule has 0 aliphatic heterocycles. The highest BCUT2D eigenvalue weighted by atomic mass is 16.6. The van der Waals surface area contributed by atoms with Crippen molar-refractivity contribution >= 4 is 23.0 Å². The van der Waals surface area contributed by atoms with Crippen LogP contribution in [0.2, 0.25) is 0 Å². The molecule has 0 bridgehead atoms. The predicted octanol–water partition coefficient (Wildman–Crippen LogP) is 4.22. The maximum Gasteiger partial charge on any atom is 0.293 e. The normalized spacial score (nSPS) is 13.2. The first-order valence-electron chi connectivity index (χ1n) is 9.42. The van der Waals surface area contributed by atoms with Gasteiger partial charge in [0.1, 0.15) is 5.69 Å². The summed E-state index contributed by atoms with van der Waals surface area (Å²) in [5.41, 5.74) is 3.51. The van der Waals surface area contributed by atoms with Crippen LogP contribution in [0.15, 0.2) is 48.5 Å². The average molecular weight is 391 g/mol. The van der Waals surface area contributed by atoms with Crippen LogP contribution in [0.1, 0.15) is 34.6 Å². The molecule has 0 atom stereocenters. The smallest absolute Gasteiger partial charge is 0.293 e. The molecule has 2 N–H and O–H groups in total.